The van der Waals surface area contributed by atoms with Crippen LogP contribution < -0.4 is 10.1 Å². The molecule has 0 aliphatic rings. The average molecular weight is 527 g/mol. The second-order valence-corrected chi connectivity index (χ2v) is 9.72. The van der Waals surface area contributed by atoms with E-state index in [9.17, 15) is 9.59 Å². The minimum absolute atomic E-state index is 0.0196. The van der Waals surface area contributed by atoms with Crippen LogP contribution in [-0.4, -0.2) is 11.9 Å². The number of halogens is 3. The predicted molar refractivity (Wildman–Crippen MR) is 143 cm³/mol. The summed E-state index contributed by atoms with van der Waals surface area (Å²) in [6.07, 6.45) is 14.2. The van der Waals surface area contributed by atoms with Gasteiger partial charge in [0.2, 0.25) is 5.91 Å². The van der Waals surface area contributed by atoms with E-state index in [4.69, 9.17) is 39.5 Å². The fraction of sp³-hybridized carbons (Fsp3) is 0.481. The molecule has 0 heterocycles. The molecule has 0 aliphatic heterocycles. The van der Waals surface area contributed by atoms with Crippen molar-refractivity contribution in [3.63, 3.8) is 0 Å². The molecule has 4 nitrogen and oxygen atoms in total. The van der Waals surface area contributed by atoms with E-state index in [1.165, 1.54) is 69.9 Å². The third-order valence-corrected chi connectivity index (χ3v) is 6.61. The van der Waals surface area contributed by atoms with Crippen molar-refractivity contribution in [1.29, 1.82) is 0 Å². The number of benzene rings is 2. The molecular formula is C27H34Cl3NO3. The molecule has 0 unspecified atom stereocenters. The molecule has 0 radical (unpaired) electrons. The molecule has 0 atom stereocenters. The summed E-state index contributed by atoms with van der Waals surface area (Å²) in [6, 6.07) is 9.34. The van der Waals surface area contributed by atoms with E-state index in [0.717, 1.165) is 12.8 Å². The molecular weight excluding hydrogens is 493 g/mol. The zero-order valence-electron chi connectivity index (χ0n) is 19.8. The number of hydrogen-bond acceptors (Lipinski definition) is 3. The Kier molecular flexibility index (Phi) is 13.4. The van der Waals surface area contributed by atoms with Crippen LogP contribution in [-0.2, 0) is 4.79 Å². The lowest BCUT2D eigenvalue weighted by Gasteiger charge is -2.09. The summed E-state index contributed by atoms with van der Waals surface area (Å²) in [5, 5.41) is 3.58. The number of hydrogen-bond donors (Lipinski definition) is 1. The van der Waals surface area contributed by atoms with Crippen molar-refractivity contribution in [3.8, 4) is 5.75 Å². The van der Waals surface area contributed by atoms with Crippen LogP contribution in [0.4, 0.5) is 5.69 Å². The molecule has 2 aromatic carbocycles. The molecule has 2 aromatic rings. The summed E-state index contributed by atoms with van der Waals surface area (Å²) in [5.74, 6) is -0.474. The molecule has 1 amide bonds. The van der Waals surface area contributed by atoms with Gasteiger partial charge in [-0.15, -0.1) is 0 Å². The number of unbranched alkanes of at least 4 members (excludes halogenated alkanes) is 10. The Hall–Kier alpha value is -1.75. The van der Waals surface area contributed by atoms with Gasteiger partial charge in [0, 0.05) is 18.2 Å². The number of rotatable bonds is 15. The van der Waals surface area contributed by atoms with Gasteiger partial charge in [0.1, 0.15) is 0 Å². The molecule has 1 N–H and O–H groups in total. The largest absolute Gasteiger partial charge is 0.421 e. The van der Waals surface area contributed by atoms with Gasteiger partial charge in [-0.1, -0.05) is 106 Å². The highest BCUT2D eigenvalue weighted by molar-refractivity contribution is 6.43. The van der Waals surface area contributed by atoms with Crippen LogP contribution in [0.1, 0.15) is 94.3 Å². The maximum Gasteiger partial charge on any atom is 0.343 e. The lowest BCUT2D eigenvalue weighted by atomic mass is 10.1. The van der Waals surface area contributed by atoms with Crippen LogP contribution in [0.5, 0.6) is 5.75 Å². The number of esters is 1. The van der Waals surface area contributed by atoms with Crippen molar-refractivity contribution in [2.45, 2.75) is 84.0 Å². The second kappa shape index (κ2) is 16.0. The fourth-order valence-corrected chi connectivity index (χ4v) is 4.18. The molecule has 7 heteroatoms. The van der Waals surface area contributed by atoms with Gasteiger partial charge >= 0.3 is 5.97 Å². The normalized spacial score (nSPS) is 10.8. The Labute approximate surface area is 218 Å². The molecule has 34 heavy (non-hydrogen) atoms. The number of anilines is 1. The SMILES string of the molecule is CCCCCCCCCCCCCC(=O)Nc1ccc(C(=O)Oc2cc(Cl)c(Cl)cc2Cl)cc1. The maximum absolute atomic E-state index is 12.4. The third kappa shape index (κ3) is 10.7. The van der Waals surface area contributed by atoms with E-state index in [1.807, 2.05) is 0 Å². The van der Waals surface area contributed by atoms with Crippen LogP contribution >= 0.6 is 34.8 Å². The molecule has 0 fully saturated rings. The van der Waals surface area contributed by atoms with E-state index in [-0.39, 0.29) is 26.7 Å². The third-order valence-electron chi connectivity index (χ3n) is 5.59. The zero-order chi connectivity index (χ0) is 24.8. The Balaban J connectivity index is 1.64. The Morgan fingerprint density at radius 3 is 1.85 bits per heavy atom. The smallest absolute Gasteiger partial charge is 0.343 e. The van der Waals surface area contributed by atoms with E-state index < -0.39 is 5.97 Å². The number of carbonyl (C=O) groups is 2. The van der Waals surface area contributed by atoms with E-state index in [0.29, 0.717) is 17.7 Å². The van der Waals surface area contributed by atoms with Crippen molar-refractivity contribution >= 4 is 52.4 Å². The van der Waals surface area contributed by atoms with Gasteiger partial charge < -0.3 is 10.1 Å². The fourth-order valence-electron chi connectivity index (χ4n) is 3.60. The minimum Gasteiger partial charge on any atom is -0.421 e. The van der Waals surface area contributed by atoms with Crippen molar-refractivity contribution in [2.24, 2.45) is 0 Å². The highest BCUT2D eigenvalue weighted by Gasteiger charge is 2.14. The summed E-state index contributed by atoms with van der Waals surface area (Å²) in [4.78, 5) is 24.6. The van der Waals surface area contributed by atoms with Gasteiger partial charge in [0.15, 0.2) is 5.75 Å². The molecule has 2 rings (SSSR count). The molecule has 0 aromatic heterocycles. The van der Waals surface area contributed by atoms with Crippen LogP contribution in [0.3, 0.4) is 0 Å². The summed E-state index contributed by atoms with van der Waals surface area (Å²) in [5.41, 5.74) is 0.961. The number of amides is 1. The Morgan fingerprint density at radius 1 is 0.735 bits per heavy atom. The lowest BCUT2D eigenvalue weighted by Crippen LogP contribution is -2.12. The summed E-state index contributed by atoms with van der Waals surface area (Å²) < 4.78 is 5.31. The topological polar surface area (TPSA) is 55.4 Å². The number of nitrogens with one attached hydrogen (secondary N) is 1. The Bertz CT molecular complexity index is 916. The number of ether oxygens (including phenoxy) is 1. The van der Waals surface area contributed by atoms with E-state index in [1.54, 1.807) is 24.3 Å². The monoisotopic (exact) mass is 525 g/mol. The van der Waals surface area contributed by atoms with Crippen LogP contribution in [0.25, 0.3) is 0 Å². The average Bonchev–Trinajstić information content (AvgIpc) is 2.81. The summed E-state index contributed by atoms with van der Waals surface area (Å²) in [7, 11) is 0. The summed E-state index contributed by atoms with van der Waals surface area (Å²) in [6.45, 7) is 2.24. The highest BCUT2D eigenvalue weighted by Crippen LogP contribution is 2.34. The molecule has 0 saturated heterocycles. The van der Waals surface area contributed by atoms with Crippen LogP contribution in [0.15, 0.2) is 36.4 Å². The first kappa shape index (κ1) is 28.5. The van der Waals surface area contributed by atoms with Gasteiger partial charge in [-0.3, -0.25) is 4.79 Å². The van der Waals surface area contributed by atoms with Gasteiger partial charge in [-0.2, -0.15) is 0 Å². The quantitative estimate of drug-likeness (QED) is 0.109. The van der Waals surface area contributed by atoms with Crippen LogP contribution in [0.2, 0.25) is 15.1 Å². The van der Waals surface area contributed by atoms with Crippen LogP contribution in [0, 0.1) is 0 Å². The van der Waals surface area contributed by atoms with E-state index in [2.05, 4.69) is 12.2 Å². The van der Waals surface area contributed by atoms with Crippen molar-refractivity contribution in [1.82, 2.24) is 0 Å². The first-order valence-electron chi connectivity index (χ1n) is 12.2. The molecule has 0 spiro atoms. The zero-order valence-corrected chi connectivity index (χ0v) is 22.1. The first-order chi connectivity index (χ1) is 16.4. The Morgan fingerprint density at radius 2 is 1.26 bits per heavy atom. The molecule has 0 bridgehead atoms. The molecule has 0 saturated carbocycles. The highest BCUT2D eigenvalue weighted by atomic mass is 35.5. The standard InChI is InChI=1S/C27H34Cl3NO3/c1-2-3-4-5-6-7-8-9-10-11-12-13-26(32)31-21-16-14-20(15-17-21)27(33)34-25-19-23(29)22(28)18-24(25)30/h14-19H,2-13H2,1H3,(H,31,32). The van der Waals surface area contributed by atoms with Crippen molar-refractivity contribution < 1.29 is 14.3 Å². The lowest BCUT2D eigenvalue weighted by molar-refractivity contribution is -0.116. The predicted octanol–water partition coefficient (Wildman–Crippen LogP) is 9.51. The van der Waals surface area contributed by atoms with Gasteiger partial charge in [-0.05, 0) is 36.8 Å². The second-order valence-electron chi connectivity index (χ2n) is 8.50. The molecule has 0 aliphatic carbocycles. The van der Waals surface area contributed by atoms with E-state index >= 15 is 0 Å². The molecule has 186 valence electrons. The van der Waals surface area contributed by atoms with Gasteiger partial charge in [0.05, 0.1) is 20.6 Å². The van der Waals surface area contributed by atoms with Gasteiger partial charge in [-0.25, -0.2) is 4.79 Å². The van der Waals surface area contributed by atoms with Crippen molar-refractivity contribution in [2.75, 3.05) is 5.32 Å². The minimum atomic E-state index is -0.584. The first-order valence-corrected chi connectivity index (χ1v) is 13.3. The van der Waals surface area contributed by atoms with Gasteiger partial charge in [0.25, 0.3) is 0 Å². The summed E-state index contributed by atoms with van der Waals surface area (Å²) >= 11 is 17.9. The number of carbonyl (C=O) groups excluding carboxylic acids is 2. The maximum atomic E-state index is 12.4. The van der Waals surface area contributed by atoms with Crippen molar-refractivity contribution in [3.05, 3.63) is 57.0 Å².